The zero-order valence-electron chi connectivity index (χ0n) is 8.97. The molecule has 0 spiro atoms. The highest BCUT2D eigenvalue weighted by Crippen LogP contribution is 2.33. The number of hydrazone groups is 1. The number of esters is 1. The zero-order chi connectivity index (χ0) is 11.7. The highest BCUT2D eigenvalue weighted by Gasteiger charge is 2.42. The van der Waals surface area contributed by atoms with Crippen LogP contribution in [0, 0.1) is 11.8 Å². The molecule has 0 radical (unpaired) electrons. The SMILES string of the molecule is COC(=O)C1=NNC2CCC(C(=O)O)CC12. The van der Waals surface area contributed by atoms with Crippen molar-refractivity contribution in [3.63, 3.8) is 0 Å². The van der Waals surface area contributed by atoms with E-state index in [1.165, 1.54) is 7.11 Å². The Morgan fingerprint density at radius 1 is 1.50 bits per heavy atom. The highest BCUT2D eigenvalue weighted by molar-refractivity contribution is 6.37. The fourth-order valence-electron chi connectivity index (χ4n) is 2.39. The number of nitrogens with one attached hydrogen (secondary N) is 1. The molecule has 1 saturated carbocycles. The minimum atomic E-state index is -0.797. The standard InChI is InChI=1S/C10H14N2O4/c1-16-10(15)8-6-4-5(9(13)14)2-3-7(6)11-12-8/h5-7,11H,2-4H2,1H3,(H,13,14). The third-order valence-electron chi connectivity index (χ3n) is 3.30. The van der Waals surface area contributed by atoms with Gasteiger partial charge in [-0.2, -0.15) is 5.10 Å². The summed E-state index contributed by atoms with van der Waals surface area (Å²) in [6, 6.07) is 0.0877. The Morgan fingerprint density at radius 3 is 2.88 bits per heavy atom. The van der Waals surface area contributed by atoms with Crippen molar-refractivity contribution in [2.75, 3.05) is 7.11 Å². The van der Waals surface area contributed by atoms with Crippen LogP contribution in [-0.4, -0.2) is 35.9 Å². The molecule has 16 heavy (non-hydrogen) atoms. The number of carboxylic acid groups (broad SMARTS) is 1. The number of fused-ring (bicyclic) bond motifs is 1. The van der Waals surface area contributed by atoms with E-state index in [1.54, 1.807) is 0 Å². The minimum Gasteiger partial charge on any atom is -0.481 e. The van der Waals surface area contributed by atoms with Gasteiger partial charge in [0, 0.05) is 5.92 Å². The van der Waals surface area contributed by atoms with E-state index >= 15 is 0 Å². The van der Waals surface area contributed by atoms with E-state index < -0.39 is 11.9 Å². The lowest BCUT2D eigenvalue weighted by atomic mass is 9.76. The van der Waals surface area contributed by atoms with Crippen LogP contribution in [0.25, 0.3) is 0 Å². The van der Waals surface area contributed by atoms with Crippen LogP contribution < -0.4 is 5.43 Å². The van der Waals surface area contributed by atoms with Gasteiger partial charge in [0.1, 0.15) is 0 Å². The lowest BCUT2D eigenvalue weighted by molar-refractivity contribution is -0.143. The number of carbonyl (C=O) groups excluding carboxylic acids is 1. The van der Waals surface area contributed by atoms with Crippen molar-refractivity contribution in [1.29, 1.82) is 0 Å². The molecule has 2 N–H and O–H groups in total. The molecule has 0 amide bonds. The van der Waals surface area contributed by atoms with E-state index in [-0.39, 0.29) is 17.9 Å². The second-order valence-corrected chi connectivity index (χ2v) is 4.18. The first-order valence-corrected chi connectivity index (χ1v) is 5.27. The first kappa shape index (κ1) is 10.9. The molecule has 6 heteroatoms. The first-order chi connectivity index (χ1) is 7.63. The van der Waals surface area contributed by atoms with Gasteiger partial charge in [-0.1, -0.05) is 0 Å². The number of methoxy groups -OCH3 is 1. The van der Waals surface area contributed by atoms with Gasteiger partial charge in [-0.3, -0.25) is 4.79 Å². The normalized spacial score (nSPS) is 32.3. The van der Waals surface area contributed by atoms with Gasteiger partial charge in [0.15, 0.2) is 5.71 Å². The van der Waals surface area contributed by atoms with Crippen LogP contribution in [0.15, 0.2) is 5.10 Å². The van der Waals surface area contributed by atoms with Crippen molar-refractivity contribution in [2.45, 2.75) is 25.3 Å². The van der Waals surface area contributed by atoms with Gasteiger partial charge in [-0.15, -0.1) is 0 Å². The van der Waals surface area contributed by atoms with Gasteiger partial charge in [-0.05, 0) is 19.3 Å². The summed E-state index contributed by atoms with van der Waals surface area (Å²) >= 11 is 0. The van der Waals surface area contributed by atoms with Crippen molar-refractivity contribution in [3.05, 3.63) is 0 Å². The molecule has 1 aliphatic heterocycles. The van der Waals surface area contributed by atoms with Crippen LogP contribution in [0.5, 0.6) is 0 Å². The summed E-state index contributed by atoms with van der Waals surface area (Å²) < 4.78 is 4.62. The van der Waals surface area contributed by atoms with E-state index in [2.05, 4.69) is 15.3 Å². The zero-order valence-corrected chi connectivity index (χ0v) is 8.97. The van der Waals surface area contributed by atoms with Gasteiger partial charge in [-0.25, -0.2) is 4.79 Å². The Morgan fingerprint density at radius 2 is 2.25 bits per heavy atom. The molecule has 1 aliphatic carbocycles. The van der Waals surface area contributed by atoms with Gasteiger partial charge in [0.25, 0.3) is 0 Å². The van der Waals surface area contributed by atoms with Gasteiger partial charge < -0.3 is 15.3 Å². The highest BCUT2D eigenvalue weighted by atomic mass is 16.5. The van der Waals surface area contributed by atoms with Crippen molar-refractivity contribution in [1.82, 2.24) is 5.43 Å². The predicted octanol–water partition coefficient (Wildman–Crippen LogP) is -0.0119. The number of rotatable bonds is 2. The fraction of sp³-hybridized carbons (Fsp3) is 0.700. The Kier molecular flexibility index (Phi) is 2.80. The average molecular weight is 226 g/mol. The van der Waals surface area contributed by atoms with Crippen LogP contribution in [-0.2, 0) is 14.3 Å². The van der Waals surface area contributed by atoms with Gasteiger partial charge >= 0.3 is 11.9 Å². The molecular formula is C10H14N2O4. The fourth-order valence-corrected chi connectivity index (χ4v) is 2.39. The second-order valence-electron chi connectivity index (χ2n) is 4.18. The molecule has 2 aliphatic rings. The van der Waals surface area contributed by atoms with Gasteiger partial charge in [0.05, 0.1) is 19.1 Å². The van der Waals surface area contributed by atoms with Gasteiger partial charge in [0.2, 0.25) is 0 Å². The van der Waals surface area contributed by atoms with E-state index in [0.29, 0.717) is 18.6 Å². The van der Waals surface area contributed by atoms with Crippen LogP contribution >= 0.6 is 0 Å². The van der Waals surface area contributed by atoms with Crippen molar-refractivity contribution < 1.29 is 19.4 Å². The van der Waals surface area contributed by atoms with Crippen LogP contribution in [0.2, 0.25) is 0 Å². The molecule has 3 unspecified atom stereocenters. The summed E-state index contributed by atoms with van der Waals surface area (Å²) in [6.07, 6.45) is 1.82. The second kappa shape index (κ2) is 4.11. The number of carboxylic acids is 1. The molecule has 0 aromatic rings. The summed E-state index contributed by atoms with van der Waals surface area (Å²) in [4.78, 5) is 22.3. The van der Waals surface area contributed by atoms with Crippen LogP contribution in [0.3, 0.4) is 0 Å². The van der Waals surface area contributed by atoms with E-state index in [4.69, 9.17) is 5.11 Å². The third-order valence-corrected chi connectivity index (χ3v) is 3.30. The molecule has 0 aromatic heterocycles. The predicted molar refractivity (Wildman–Crippen MR) is 54.8 cm³/mol. The minimum absolute atomic E-state index is 0.0877. The first-order valence-electron chi connectivity index (χ1n) is 5.27. The smallest absolute Gasteiger partial charge is 0.354 e. The summed E-state index contributed by atoms with van der Waals surface area (Å²) in [6.45, 7) is 0. The molecular weight excluding hydrogens is 212 g/mol. The molecule has 0 aromatic carbocycles. The van der Waals surface area contributed by atoms with Crippen LogP contribution in [0.4, 0.5) is 0 Å². The molecule has 88 valence electrons. The maximum Gasteiger partial charge on any atom is 0.354 e. The summed E-state index contributed by atoms with van der Waals surface area (Å²) in [5.41, 5.74) is 3.21. The van der Waals surface area contributed by atoms with E-state index in [9.17, 15) is 9.59 Å². The Balaban J connectivity index is 2.10. The van der Waals surface area contributed by atoms with E-state index in [1.807, 2.05) is 0 Å². The maximum absolute atomic E-state index is 11.4. The molecule has 0 bridgehead atoms. The Labute approximate surface area is 92.7 Å². The molecule has 1 fully saturated rings. The number of aliphatic carboxylic acids is 1. The molecule has 6 nitrogen and oxygen atoms in total. The number of hydrogen-bond acceptors (Lipinski definition) is 5. The summed E-state index contributed by atoms with van der Waals surface area (Å²) in [5, 5.41) is 12.9. The summed E-state index contributed by atoms with van der Waals surface area (Å²) in [7, 11) is 1.30. The molecule has 1 heterocycles. The molecule has 0 saturated heterocycles. The van der Waals surface area contributed by atoms with Crippen molar-refractivity contribution in [3.8, 4) is 0 Å². The lowest BCUT2D eigenvalue weighted by Gasteiger charge is -2.28. The third kappa shape index (κ3) is 1.75. The maximum atomic E-state index is 11.4. The lowest BCUT2D eigenvalue weighted by Crippen LogP contribution is -2.39. The number of carbonyl (C=O) groups is 2. The number of ether oxygens (including phenoxy) is 1. The quantitative estimate of drug-likeness (QED) is 0.646. The Hall–Kier alpha value is -1.59. The van der Waals surface area contributed by atoms with Crippen molar-refractivity contribution in [2.24, 2.45) is 16.9 Å². The number of nitrogens with zero attached hydrogens (tertiary/aromatic N) is 1. The largest absolute Gasteiger partial charge is 0.481 e. The van der Waals surface area contributed by atoms with E-state index in [0.717, 1.165) is 6.42 Å². The van der Waals surface area contributed by atoms with Crippen LogP contribution in [0.1, 0.15) is 19.3 Å². The molecule has 2 rings (SSSR count). The monoisotopic (exact) mass is 226 g/mol. The van der Waals surface area contributed by atoms with Crippen molar-refractivity contribution >= 4 is 17.7 Å². The number of hydrogen-bond donors (Lipinski definition) is 2. The topological polar surface area (TPSA) is 88.0 Å². The molecule has 3 atom stereocenters. The average Bonchev–Trinajstić information content (AvgIpc) is 2.70. The summed E-state index contributed by atoms with van der Waals surface area (Å²) in [5.74, 6) is -1.76. The Bertz CT molecular complexity index is 353.